The molecule has 1 N–H and O–H groups in total. The van der Waals surface area contributed by atoms with Crippen molar-refractivity contribution >= 4 is 11.6 Å². The smallest absolute Gasteiger partial charge is 0.146 e. The third-order valence-electron chi connectivity index (χ3n) is 1.83. The Morgan fingerprint density at radius 3 is 2.87 bits per heavy atom. The lowest BCUT2D eigenvalue weighted by atomic mass is 10.1. The summed E-state index contributed by atoms with van der Waals surface area (Å²) in [6.45, 7) is 1.48. The molecule has 1 aromatic carbocycles. The van der Waals surface area contributed by atoms with Crippen molar-refractivity contribution in [1.82, 2.24) is 0 Å². The fourth-order valence-corrected chi connectivity index (χ4v) is 1.37. The lowest BCUT2D eigenvalue weighted by Crippen LogP contribution is -2.14. The van der Waals surface area contributed by atoms with E-state index in [-0.39, 0.29) is 6.79 Å². The van der Waals surface area contributed by atoms with Crippen LogP contribution in [0.2, 0.25) is 5.02 Å². The molecule has 0 aliphatic heterocycles. The Morgan fingerprint density at radius 2 is 2.20 bits per heavy atom. The van der Waals surface area contributed by atoms with E-state index in [0.717, 1.165) is 5.56 Å². The van der Waals surface area contributed by atoms with E-state index in [4.69, 9.17) is 16.3 Å². The number of aliphatic hydroxyl groups is 1. The van der Waals surface area contributed by atoms with Gasteiger partial charge in [-0.1, -0.05) is 29.8 Å². The van der Waals surface area contributed by atoms with Crippen LogP contribution in [0.4, 0.5) is 0 Å². The van der Waals surface area contributed by atoms with Gasteiger partial charge in [-0.15, -0.1) is 0 Å². The van der Waals surface area contributed by atoms with Gasteiger partial charge >= 0.3 is 0 Å². The molecular weight excluding hydrogens is 216 g/mol. The first-order valence-electron chi connectivity index (χ1n) is 4.59. The molecule has 0 spiro atoms. The van der Waals surface area contributed by atoms with Crippen LogP contribution in [0.25, 0.3) is 0 Å². The molecule has 1 atom stereocenters. The second-order valence-corrected chi connectivity index (χ2v) is 3.48. The Hall–Kier alpha value is -0.610. The van der Waals surface area contributed by atoms with E-state index in [0.29, 0.717) is 11.4 Å². The lowest BCUT2D eigenvalue weighted by Gasteiger charge is -2.10. The second kappa shape index (κ2) is 6.80. The monoisotopic (exact) mass is 229 g/mol. The number of rotatable bonds is 6. The molecule has 3 nitrogen and oxygen atoms in total. The number of benzene rings is 1. The Labute approximate surface area is 94.6 Å². The average molecular weight is 230 g/mol. The number of hydrogen-bond donors (Lipinski definition) is 1. The van der Waals surface area contributed by atoms with Crippen LogP contribution in [0.5, 0.6) is 0 Å². The zero-order valence-corrected chi connectivity index (χ0v) is 9.28. The summed E-state index contributed by atoms with van der Waals surface area (Å²) in [6.07, 6.45) is -0.247. The van der Waals surface area contributed by atoms with Gasteiger partial charge in [0.2, 0.25) is 0 Å². The maximum Gasteiger partial charge on any atom is 0.146 e. The summed E-state index contributed by atoms with van der Waals surface area (Å²) in [5.74, 6) is 0. The molecule has 0 bridgehead atoms. The van der Waals surface area contributed by atoms with Crippen molar-refractivity contribution in [2.45, 2.75) is 12.5 Å². The van der Waals surface area contributed by atoms with E-state index in [1.165, 1.54) is 13.7 Å². The van der Waals surface area contributed by atoms with Crippen molar-refractivity contribution in [3.05, 3.63) is 41.5 Å². The number of aliphatic hydroxyl groups excluding tert-OH is 1. The number of ether oxygens (including phenoxy) is 2. The van der Waals surface area contributed by atoms with Crippen LogP contribution in [-0.2, 0) is 15.9 Å². The third kappa shape index (κ3) is 4.62. The number of hydrogen-bond acceptors (Lipinski definition) is 3. The van der Waals surface area contributed by atoms with E-state index in [2.05, 4.69) is 4.74 Å². The molecular formula is C11H14ClO3. The van der Waals surface area contributed by atoms with E-state index in [1.54, 1.807) is 6.07 Å². The van der Waals surface area contributed by atoms with Gasteiger partial charge in [-0.05, 0) is 11.6 Å². The molecule has 0 aromatic heterocycles. The molecule has 0 heterocycles. The van der Waals surface area contributed by atoms with Gasteiger partial charge in [0.15, 0.2) is 0 Å². The van der Waals surface area contributed by atoms with Crippen LogP contribution in [0.3, 0.4) is 0 Å². The molecule has 0 unspecified atom stereocenters. The van der Waals surface area contributed by atoms with E-state index in [9.17, 15) is 5.11 Å². The third-order valence-corrected chi connectivity index (χ3v) is 2.19. The standard InChI is InChI=1S/C11H14ClO3/c1-14-8-15-7-10(13)6-9-4-2-3-5-11(9)12/h2-5,7,10,13H,6,8H2,1H3/t10-/m0/s1. The Balaban J connectivity index is 2.37. The Morgan fingerprint density at radius 1 is 1.47 bits per heavy atom. The maximum atomic E-state index is 9.56. The Bertz CT molecular complexity index is 291. The fraction of sp³-hybridized carbons (Fsp3) is 0.364. The molecule has 1 radical (unpaired) electrons. The second-order valence-electron chi connectivity index (χ2n) is 3.07. The van der Waals surface area contributed by atoms with Crippen LogP contribution < -0.4 is 0 Å². The molecule has 1 aromatic rings. The molecule has 0 saturated heterocycles. The molecule has 4 heteroatoms. The summed E-state index contributed by atoms with van der Waals surface area (Å²) in [5.41, 5.74) is 0.893. The zero-order valence-electron chi connectivity index (χ0n) is 8.52. The summed E-state index contributed by atoms with van der Waals surface area (Å²) in [5, 5.41) is 10.2. The van der Waals surface area contributed by atoms with Crippen molar-refractivity contribution in [3.63, 3.8) is 0 Å². The van der Waals surface area contributed by atoms with Gasteiger partial charge in [0.25, 0.3) is 0 Å². The number of methoxy groups -OCH3 is 1. The predicted molar refractivity (Wildman–Crippen MR) is 58.4 cm³/mol. The van der Waals surface area contributed by atoms with Crippen LogP contribution >= 0.6 is 11.6 Å². The average Bonchev–Trinajstić information content (AvgIpc) is 2.22. The van der Waals surface area contributed by atoms with Crippen molar-refractivity contribution in [1.29, 1.82) is 0 Å². The van der Waals surface area contributed by atoms with Crippen molar-refractivity contribution in [2.24, 2.45) is 0 Å². The minimum Gasteiger partial charge on any atom is -0.390 e. The first-order chi connectivity index (χ1) is 7.24. The largest absolute Gasteiger partial charge is 0.390 e. The first-order valence-corrected chi connectivity index (χ1v) is 4.97. The number of halogens is 1. The molecule has 83 valence electrons. The van der Waals surface area contributed by atoms with Crippen LogP contribution in [0.15, 0.2) is 24.3 Å². The molecule has 1 rings (SSSR count). The van der Waals surface area contributed by atoms with E-state index >= 15 is 0 Å². The SMILES string of the molecule is COCO[CH][C@@H](O)Cc1ccccc1Cl. The van der Waals surface area contributed by atoms with Gasteiger partial charge in [-0.25, -0.2) is 0 Å². The molecule has 0 aliphatic carbocycles. The molecule has 15 heavy (non-hydrogen) atoms. The van der Waals surface area contributed by atoms with E-state index < -0.39 is 6.10 Å². The van der Waals surface area contributed by atoms with Gasteiger partial charge in [-0.2, -0.15) is 0 Å². The van der Waals surface area contributed by atoms with Crippen LogP contribution in [0, 0.1) is 6.61 Å². The molecule has 0 saturated carbocycles. The van der Waals surface area contributed by atoms with Gasteiger partial charge < -0.3 is 14.6 Å². The highest BCUT2D eigenvalue weighted by Crippen LogP contribution is 2.17. The van der Waals surface area contributed by atoms with Gasteiger partial charge in [-0.3, -0.25) is 0 Å². The summed E-state index contributed by atoms with van der Waals surface area (Å²) in [6, 6.07) is 7.39. The van der Waals surface area contributed by atoms with Gasteiger partial charge in [0, 0.05) is 18.6 Å². The lowest BCUT2D eigenvalue weighted by molar-refractivity contribution is -0.0253. The van der Waals surface area contributed by atoms with Crippen LogP contribution in [0.1, 0.15) is 5.56 Å². The summed E-state index contributed by atoms with van der Waals surface area (Å²) in [7, 11) is 1.52. The summed E-state index contributed by atoms with van der Waals surface area (Å²) < 4.78 is 9.59. The van der Waals surface area contributed by atoms with Crippen molar-refractivity contribution in [3.8, 4) is 0 Å². The predicted octanol–water partition coefficient (Wildman–Crippen LogP) is 2.03. The molecule has 0 aliphatic rings. The highest BCUT2D eigenvalue weighted by Gasteiger charge is 2.08. The van der Waals surface area contributed by atoms with Gasteiger partial charge in [0.1, 0.15) is 13.4 Å². The highest BCUT2D eigenvalue weighted by molar-refractivity contribution is 6.31. The van der Waals surface area contributed by atoms with Crippen molar-refractivity contribution < 1.29 is 14.6 Å². The maximum absolute atomic E-state index is 9.56. The summed E-state index contributed by atoms with van der Waals surface area (Å²) in [4.78, 5) is 0. The highest BCUT2D eigenvalue weighted by atomic mass is 35.5. The van der Waals surface area contributed by atoms with Gasteiger partial charge in [0.05, 0.1) is 6.10 Å². The summed E-state index contributed by atoms with van der Waals surface area (Å²) >= 11 is 5.94. The molecule has 0 fully saturated rings. The molecule has 0 amide bonds. The normalized spacial score (nSPS) is 12.7. The quantitative estimate of drug-likeness (QED) is 0.599. The minimum atomic E-state index is -0.681. The van der Waals surface area contributed by atoms with Crippen LogP contribution in [-0.4, -0.2) is 25.1 Å². The Kier molecular flexibility index (Phi) is 5.65. The minimum absolute atomic E-state index is 0.138. The van der Waals surface area contributed by atoms with Crippen molar-refractivity contribution in [2.75, 3.05) is 13.9 Å². The first kappa shape index (κ1) is 12.5. The fourth-order valence-electron chi connectivity index (χ4n) is 1.16. The zero-order chi connectivity index (χ0) is 11.1. The topological polar surface area (TPSA) is 38.7 Å². The van der Waals surface area contributed by atoms with E-state index in [1.807, 2.05) is 18.2 Å².